The summed E-state index contributed by atoms with van der Waals surface area (Å²) in [6, 6.07) is 6.21. The van der Waals surface area contributed by atoms with Crippen molar-refractivity contribution in [3.8, 4) is 0 Å². The van der Waals surface area contributed by atoms with E-state index in [1.54, 1.807) is 13.0 Å². The summed E-state index contributed by atoms with van der Waals surface area (Å²) in [6.07, 6.45) is 4.08. The molecule has 0 radical (unpaired) electrons. The zero-order valence-corrected chi connectivity index (χ0v) is 12.5. The molecule has 3 nitrogen and oxygen atoms in total. The van der Waals surface area contributed by atoms with Crippen molar-refractivity contribution in [3.63, 3.8) is 0 Å². The van der Waals surface area contributed by atoms with Crippen molar-refractivity contribution in [2.75, 3.05) is 13.1 Å². The van der Waals surface area contributed by atoms with Crippen LogP contribution in [0, 0.1) is 19.8 Å². The first kappa shape index (κ1) is 14.8. The van der Waals surface area contributed by atoms with Gasteiger partial charge < -0.3 is 10.0 Å². The van der Waals surface area contributed by atoms with Crippen molar-refractivity contribution < 1.29 is 9.90 Å². The topological polar surface area (TPSA) is 40.5 Å². The van der Waals surface area contributed by atoms with Gasteiger partial charge in [-0.25, -0.2) is 0 Å². The zero-order valence-electron chi connectivity index (χ0n) is 12.5. The number of aliphatic hydroxyl groups excluding tert-OH is 1. The molecule has 1 N–H and O–H groups in total. The Labute approximate surface area is 120 Å². The smallest absolute Gasteiger partial charge is 0.246 e. The summed E-state index contributed by atoms with van der Waals surface area (Å²) in [5, 5.41) is 9.57. The molecule has 0 saturated carbocycles. The summed E-state index contributed by atoms with van der Waals surface area (Å²) >= 11 is 0. The Morgan fingerprint density at radius 3 is 2.80 bits per heavy atom. The van der Waals surface area contributed by atoms with E-state index in [2.05, 4.69) is 26.0 Å². The normalized spacial score (nSPS) is 20.6. The van der Waals surface area contributed by atoms with Crippen LogP contribution in [-0.4, -0.2) is 35.1 Å². The summed E-state index contributed by atoms with van der Waals surface area (Å²) in [6.45, 7) is 7.31. The Kier molecular flexibility index (Phi) is 4.61. The lowest BCUT2D eigenvalue weighted by atomic mass is 10.0. The lowest BCUT2D eigenvalue weighted by Gasteiger charge is -2.15. The predicted octanol–water partition coefficient (Wildman–Crippen LogP) is 2.55. The maximum Gasteiger partial charge on any atom is 0.246 e. The van der Waals surface area contributed by atoms with E-state index in [1.165, 1.54) is 11.1 Å². The van der Waals surface area contributed by atoms with Crippen LogP contribution in [0.4, 0.5) is 0 Å². The minimum atomic E-state index is -0.337. The molecule has 2 atom stereocenters. The highest BCUT2D eigenvalue weighted by Gasteiger charge is 2.27. The first-order valence-corrected chi connectivity index (χ1v) is 7.19. The van der Waals surface area contributed by atoms with Crippen LogP contribution in [-0.2, 0) is 4.79 Å². The highest BCUT2D eigenvalue weighted by molar-refractivity contribution is 5.92. The Hall–Kier alpha value is -1.61. The van der Waals surface area contributed by atoms with Crippen molar-refractivity contribution in [1.29, 1.82) is 0 Å². The van der Waals surface area contributed by atoms with Gasteiger partial charge in [0.25, 0.3) is 0 Å². The molecule has 0 bridgehead atoms. The number of benzene rings is 1. The van der Waals surface area contributed by atoms with Gasteiger partial charge >= 0.3 is 0 Å². The second-order valence-electron chi connectivity index (χ2n) is 5.77. The molecular weight excluding hydrogens is 250 g/mol. The first-order valence-electron chi connectivity index (χ1n) is 7.19. The Bertz CT molecular complexity index is 520. The second kappa shape index (κ2) is 6.23. The monoisotopic (exact) mass is 273 g/mol. The number of nitrogens with zero attached hydrogens (tertiary/aromatic N) is 1. The van der Waals surface area contributed by atoms with Gasteiger partial charge in [0.1, 0.15) is 0 Å². The molecule has 0 aromatic heterocycles. The van der Waals surface area contributed by atoms with Gasteiger partial charge in [-0.15, -0.1) is 0 Å². The summed E-state index contributed by atoms with van der Waals surface area (Å²) in [5.74, 6) is 0.251. The van der Waals surface area contributed by atoms with Crippen LogP contribution in [0.15, 0.2) is 24.3 Å². The van der Waals surface area contributed by atoms with Gasteiger partial charge in [-0.05, 0) is 44.4 Å². The van der Waals surface area contributed by atoms with Crippen molar-refractivity contribution in [1.82, 2.24) is 4.90 Å². The van der Waals surface area contributed by atoms with E-state index in [9.17, 15) is 9.90 Å². The van der Waals surface area contributed by atoms with Crippen LogP contribution in [0.2, 0.25) is 0 Å². The molecule has 0 aliphatic carbocycles. The number of amides is 1. The number of aryl methyl sites for hydroxylation is 2. The molecule has 20 heavy (non-hydrogen) atoms. The highest BCUT2D eigenvalue weighted by Crippen LogP contribution is 2.20. The molecule has 1 amide bonds. The number of rotatable bonds is 3. The molecule has 0 spiro atoms. The van der Waals surface area contributed by atoms with E-state index < -0.39 is 0 Å². The average molecular weight is 273 g/mol. The average Bonchev–Trinajstić information content (AvgIpc) is 2.87. The molecule has 2 unspecified atom stereocenters. The van der Waals surface area contributed by atoms with Gasteiger partial charge in [0.2, 0.25) is 5.91 Å². The van der Waals surface area contributed by atoms with E-state index in [-0.39, 0.29) is 17.9 Å². The fourth-order valence-electron chi connectivity index (χ4n) is 2.66. The molecule has 1 fully saturated rings. The second-order valence-corrected chi connectivity index (χ2v) is 5.77. The molecular formula is C17H23NO2. The van der Waals surface area contributed by atoms with Crippen molar-refractivity contribution in [3.05, 3.63) is 41.0 Å². The van der Waals surface area contributed by atoms with Crippen LogP contribution in [0.3, 0.4) is 0 Å². The molecule has 1 aliphatic rings. The van der Waals surface area contributed by atoms with Gasteiger partial charge in [0, 0.05) is 25.1 Å². The largest absolute Gasteiger partial charge is 0.393 e. The summed E-state index contributed by atoms with van der Waals surface area (Å²) < 4.78 is 0. The molecule has 108 valence electrons. The number of likely N-dealkylation sites (tertiary alicyclic amines) is 1. The van der Waals surface area contributed by atoms with Gasteiger partial charge in [0.05, 0.1) is 6.10 Å². The minimum absolute atomic E-state index is 0.0353. The lowest BCUT2D eigenvalue weighted by Crippen LogP contribution is -2.28. The number of carbonyl (C=O) groups excluding carboxylic acids is 1. The van der Waals surface area contributed by atoms with E-state index in [0.717, 1.165) is 18.5 Å². The quantitative estimate of drug-likeness (QED) is 0.860. The summed E-state index contributed by atoms with van der Waals surface area (Å²) in [4.78, 5) is 13.9. The van der Waals surface area contributed by atoms with Crippen LogP contribution in [0.5, 0.6) is 0 Å². The number of aliphatic hydroxyl groups is 1. The Morgan fingerprint density at radius 1 is 1.45 bits per heavy atom. The third kappa shape index (κ3) is 3.48. The highest BCUT2D eigenvalue weighted by atomic mass is 16.3. The van der Waals surface area contributed by atoms with E-state index >= 15 is 0 Å². The van der Waals surface area contributed by atoms with E-state index in [4.69, 9.17) is 0 Å². The third-order valence-corrected chi connectivity index (χ3v) is 4.05. The summed E-state index contributed by atoms with van der Waals surface area (Å²) in [7, 11) is 0. The lowest BCUT2D eigenvalue weighted by molar-refractivity contribution is -0.125. The van der Waals surface area contributed by atoms with Gasteiger partial charge in [-0.1, -0.05) is 23.8 Å². The number of carbonyl (C=O) groups is 1. The molecule has 2 rings (SSSR count). The molecule has 1 aromatic carbocycles. The molecule has 1 saturated heterocycles. The fraction of sp³-hybridized carbons (Fsp3) is 0.471. The van der Waals surface area contributed by atoms with Gasteiger partial charge in [-0.3, -0.25) is 4.79 Å². The maximum absolute atomic E-state index is 12.1. The standard InChI is InChI=1S/C17H23NO2/c1-12-4-5-15(13(2)10-12)6-7-17(20)18-9-8-16(11-18)14(3)19/h4-7,10,14,16,19H,8-9,11H2,1-3H3/b7-6+. The van der Waals surface area contributed by atoms with Gasteiger partial charge in [0.15, 0.2) is 0 Å². The van der Waals surface area contributed by atoms with E-state index in [1.807, 2.05) is 17.0 Å². The molecule has 1 aromatic rings. The van der Waals surface area contributed by atoms with Crippen molar-refractivity contribution in [2.24, 2.45) is 5.92 Å². The van der Waals surface area contributed by atoms with Crippen molar-refractivity contribution >= 4 is 12.0 Å². The SMILES string of the molecule is Cc1ccc(/C=C/C(=O)N2CCC(C(C)O)C2)c(C)c1. The van der Waals surface area contributed by atoms with Crippen molar-refractivity contribution in [2.45, 2.75) is 33.3 Å². The Balaban J connectivity index is 1.99. The minimum Gasteiger partial charge on any atom is -0.393 e. The summed E-state index contributed by atoms with van der Waals surface area (Å²) in [5.41, 5.74) is 3.48. The molecule has 3 heteroatoms. The first-order chi connectivity index (χ1) is 9.47. The molecule has 1 heterocycles. The van der Waals surface area contributed by atoms with Gasteiger partial charge in [-0.2, -0.15) is 0 Å². The Morgan fingerprint density at radius 2 is 2.20 bits per heavy atom. The van der Waals surface area contributed by atoms with Crippen LogP contribution < -0.4 is 0 Å². The van der Waals surface area contributed by atoms with E-state index in [0.29, 0.717) is 6.54 Å². The zero-order chi connectivity index (χ0) is 14.7. The van der Waals surface area contributed by atoms with Crippen LogP contribution in [0.1, 0.15) is 30.0 Å². The predicted molar refractivity (Wildman–Crippen MR) is 81.3 cm³/mol. The van der Waals surface area contributed by atoms with Crippen LogP contribution in [0.25, 0.3) is 6.08 Å². The third-order valence-electron chi connectivity index (χ3n) is 4.05. The maximum atomic E-state index is 12.1. The van der Waals surface area contributed by atoms with Crippen LogP contribution >= 0.6 is 0 Å². The fourth-order valence-corrected chi connectivity index (χ4v) is 2.66. The number of hydrogen-bond acceptors (Lipinski definition) is 2. The molecule has 1 aliphatic heterocycles. The number of hydrogen-bond donors (Lipinski definition) is 1.